The Morgan fingerprint density at radius 1 is 1.64 bits per heavy atom. The summed E-state index contributed by atoms with van der Waals surface area (Å²) in [5.41, 5.74) is 0.367. The summed E-state index contributed by atoms with van der Waals surface area (Å²) in [5.74, 6) is -1.33. The molecule has 0 spiro atoms. The van der Waals surface area contributed by atoms with Gasteiger partial charge < -0.3 is 10.2 Å². The van der Waals surface area contributed by atoms with Crippen LogP contribution in [-0.2, 0) is 4.79 Å². The standard InChI is InChI=1S/C8H8O3/c1-5-3-2-4-6(7(5)9)8(10)11/h2,4,9H,1,3H2,(H,10,11). The van der Waals surface area contributed by atoms with Crippen LogP contribution in [0.1, 0.15) is 6.42 Å². The summed E-state index contributed by atoms with van der Waals surface area (Å²) in [5, 5.41) is 17.7. The molecule has 1 rings (SSSR count). The minimum atomic E-state index is -1.13. The molecule has 0 aromatic rings. The van der Waals surface area contributed by atoms with E-state index in [0.29, 0.717) is 12.0 Å². The van der Waals surface area contributed by atoms with Crippen LogP contribution in [0.25, 0.3) is 0 Å². The summed E-state index contributed by atoms with van der Waals surface area (Å²) < 4.78 is 0. The molecule has 0 aliphatic heterocycles. The Morgan fingerprint density at radius 2 is 2.27 bits per heavy atom. The van der Waals surface area contributed by atoms with Gasteiger partial charge in [-0.25, -0.2) is 4.79 Å². The number of carboxylic acid groups (broad SMARTS) is 1. The Hall–Kier alpha value is -1.51. The summed E-state index contributed by atoms with van der Waals surface area (Å²) in [7, 11) is 0. The van der Waals surface area contributed by atoms with Crippen LogP contribution in [0, 0.1) is 0 Å². The Kier molecular flexibility index (Phi) is 1.81. The van der Waals surface area contributed by atoms with Gasteiger partial charge in [-0.05, 0) is 18.1 Å². The van der Waals surface area contributed by atoms with Gasteiger partial charge in [0.1, 0.15) is 11.3 Å². The SMILES string of the molecule is C=C1CC=CC(C(=O)O)=C1O. The lowest BCUT2D eigenvalue weighted by Crippen LogP contribution is -2.06. The molecule has 0 bridgehead atoms. The fourth-order valence-electron chi connectivity index (χ4n) is 0.858. The normalized spacial score (nSPS) is 17.3. The zero-order chi connectivity index (χ0) is 8.43. The lowest BCUT2D eigenvalue weighted by Gasteiger charge is -2.08. The molecule has 1 aliphatic rings. The fraction of sp³-hybridized carbons (Fsp3) is 0.125. The summed E-state index contributed by atoms with van der Waals surface area (Å²) >= 11 is 0. The summed E-state index contributed by atoms with van der Waals surface area (Å²) in [6.07, 6.45) is 3.56. The Bertz CT molecular complexity index is 271. The molecule has 0 saturated carbocycles. The van der Waals surface area contributed by atoms with Gasteiger partial charge >= 0.3 is 5.97 Å². The summed E-state index contributed by atoms with van der Waals surface area (Å²) in [6.45, 7) is 3.51. The van der Waals surface area contributed by atoms with Gasteiger partial charge in [-0.1, -0.05) is 12.7 Å². The van der Waals surface area contributed by atoms with Crippen molar-refractivity contribution in [2.24, 2.45) is 0 Å². The maximum atomic E-state index is 10.4. The van der Waals surface area contributed by atoms with Gasteiger partial charge in [-0.2, -0.15) is 0 Å². The van der Waals surface area contributed by atoms with E-state index in [-0.39, 0.29) is 11.3 Å². The van der Waals surface area contributed by atoms with E-state index < -0.39 is 5.97 Å². The summed E-state index contributed by atoms with van der Waals surface area (Å²) in [6, 6.07) is 0. The molecule has 1 aliphatic carbocycles. The zero-order valence-electron chi connectivity index (χ0n) is 5.87. The molecule has 2 N–H and O–H groups in total. The van der Waals surface area contributed by atoms with E-state index >= 15 is 0 Å². The molecule has 11 heavy (non-hydrogen) atoms. The average Bonchev–Trinajstić information content (AvgIpc) is 1.94. The monoisotopic (exact) mass is 152 g/mol. The average molecular weight is 152 g/mol. The molecule has 3 heteroatoms. The molecular formula is C8H8O3. The first-order valence-electron chi connectivity index (χ1n) is 3.14. The van der Waals surface area contributed by atoms with E-state index in [2.05, 4.69) is 6.58 Å². The van der Waals surface area contributed by atoms with Crippen LogP contribution >= 0.6 is 0 Å². The molecule has 0 radical (unpaired) electrons. The van der Waals surface area contributed by atoms with Gasteiger partial charge in [0.25, 0.3) is 0 Å². The smallest absolute Gasteiger partial charge is 0.339 e. The number of aliphatic hydroxyl groups is 1. The molecule has 58 valence electrons. The number of carbonyl (C=O) groups is 1. The molecule has 0 aromatic carbocycles. The third-order valence-corrected chi connectivity index (χ3v) is 1.47. The second kappa shape index (κ2) is 2.62. The number of aliphatic carboxylic acids is 1. The molecule has 0 fully saturated rings. The van der Waals surface area contributed by atoms with Gasteiger partial charge in [0, 0.05) is 0 Å². The van der Waals surface area contributed by atoms with E-state index in [1.807, 2.05) is 0 Å². The minimum absolute atomic E-state index is 0.0822. The van der Waals surface area contributed by atoms with Crippen LogP contribution in [0.3, 0.4) is 0 Å². The number of hydrogen-bond donors (Lipinski definition) is 2. The predicted molar refractivity (Wildman–Crippen MR) is 40.2 cm³/mol. The fourth-order valence-corrected chi connectivity index (χ4v) is 0.858. The molecule has 0 amide bonds. The Balaban J connectivity index is 3.08. The Morgan fingerprint density at radius 3 is 2.73 bits per heavy atom. The lowest BCUT2D eigenvalue weighted by atomic mass is 10.0. The highest BCUT2D eigenvalue weighted by atomic mass is 16.4. The molecular weight excluding hydrogens is 144 g/mol. The first-order valence-corrected chi connectivity index (χ1v) is 3.14. The van der Waals surface area contributed by atoms with Crippen molar-refractivity contribution in [2.75, 3.05) is 0 Å². The predicted octanol–water partition coefficient (Wildman–Crippen LogP) is 1.40. The van der Waals surface area contributed by atoms with Gasteiger partial charge in [-0.3, -0.25) is 0 Å². The highest BCUT2D eigenvalue weighted by Gasteiger charge is 2.15. The summed E-state index contributed by atoms with van der Waals surface area (Å²) in [4.78, 5) is 10.4. The van der Waals surface area contributed by atoms with E-state index in [0.717, 1.165) is 0 Å². The highest BCUT2D eigenvalue weighted by Crippen LogP contribution is 2.20. The van der Waals surface area contributed by atoms with Gasteiger partial charge in [0.05, 0.1) is 0 Å². The zero-order valence-corrected chi connectivity index (χ0v) is 5.87. The quantitative estimate of drug-likeness (QED) is 0.597. The second-order valence-electron chi connectivity index (χ2n) is 2.28. The molecule has 0 aromatic heterocycles. The van der Waals surface area contributed by atoms with Crippen molar-refractivity contribution in [2.45, 2.75) is 6.42 Å². The van der Waals surface area contributed by atoms with Crippen LogP contribution in [-0.4, -0.2) is 16.2 Å². The van der Waals surface area contributed by atoms with Gasteiger partial charge in [-0.15, -0.1) is 0 Å². The van der Waals surface area contributed by atoms with Gasteiger partial charge in [0.2, 0.25) is 0 Å². The van der Waals surface area contributed by atoms with Crippen LogP contribution in [0.15, 0.2) is 35.6 Å². The van der Waals surface area contributed by atoms with Crippen molar-refractivity contribution in [1.29, 1.82) is 0 Å². The molecule has 0 unspecified atom stereocenters. The van der Waals surface area contributed by atoms with E-state index in [1.165, 1.54) is 6.08 Å². The third-order valence-electron chi connectivity index (χ3n) is 1.47. The van der Waals surface area contributed by atoms with Crippen LogP contribution in [0.5, 0.6) is 0 Å². The van der Waals surface area contributed by atoms with Crippen molar-refractivity contribution < 1.29 is 15.0 Å². The molecule has 0 atom stereocenters. The molecule has 0 saturated heterocycles. The topological polar surface area (TPSA) is 57.5 Å². The Labute approximate surface area is 64.0 Å². The third kappa shape index (κ3) is 1.32. The lowest BCUT2D eigenvalue weighted by molar-refractivity contribution is -0.132. The number of hydrogen-bond acceptors (Lipinski definition) is 2. The largest absolute Gasteiger partial charge is 0.507 e. The van der Waals surface area contributed by atoms with Crippen molar-refractivity contribution in [1.82, 2.24) is 0 Å². The van der Waals surface area contributed by atoms with E-state index in [4.69, 9.17) is 10.2 Å². The van der Waals surface area contributed by atoms with Crippen molar-refractivity contribution in [3.63, 3.8) is 0 Å². The van der Waals surface area contributed by atoms with Crippen LogP contribution in [0.2, 0.25) is 0 Å². The highest BCUT2D eigenvalue weighted by molar-refractivity contribution is 5.91. The minimum Gasteiger partial charge on any atom is -0.507 e. The van der Waals surface area contributed by atoms with E-state index in [1.54, 1.807) is 6.08 Å². The number of carboxylic acids is 1. The second-order valence-corrected chi connectivity index (χ2v) is 2.28. The number of allylic oxidation sites excluding steroid dienone is 2. The van der Waals surface area contributed by atoms with E-state index in [9.17, 15) is 4.79 Å². The first kappa shape index (κ1) is 7.60. The van der Waals surface area contributed by atoms with Crippen molar-refractivity contribution in [3.05, 3.63) is 35.6 Å². The van der Waals surface area contributed by atoms with Crippen molar-refractivity contribution in [3.8, 4) is 0 Å². The van der Waals surface area contributed by atoms with Gasteiger partial charge in [0.15, 0.2) is 0 Å². The molecule has 0 heterocycles. The number of aliphatic hydroxyl groups excluding tert-OH is 1. The maximum Gasteiger partial charge on any atom is 0.339 e. The van der Waals surface area contributed by atoms with Crippen LogP contribution < -0.4 is 0 Å². The first-order chi connectivity index (χ1) is 5.13. The molecule has 3 nitrogen and oxygen atoms in total. The number of rotatable bonds is 1. The van der Waals surface area contributed by atoms with Crippen LogP contribution in [0.4, 0.5) is 0 Å². The van der Waals surface area contributed by atoms with Crippen molar-refractivity contribution >= 4 is 5.97 Å². The maximum absolute atomic E-state index is 10.4.